The van der Waals surface area contributed by atoms with E-state index in [0.717, 1.165) is 30.8 Å². The van der Waals surface area contributed by atoms with Gasteiger partial charge in [0.25, 0.3) is 5.89 Å². The van der Waals surface area contributed by atoms with E-state index >= 15 is 0 Å². The molecule has 5 nitrogen and oxygen atoms in total. The van der Waals surface area contributed by atoms with E-state index < -0.39 is 0 Å². The minimum Gasteiger partial charge on any atom is -0.455 e. The van der Waals surface area contributed by atoms with Gasteiger partial charge in [-0.05, 0) is 18.6 Å². The first-order valence-electron chi connectivity index (χ1n) is 5.85. The van der Waals surface area contributed by atoms with E-state index in [4.69, 9.17) is 9.26 Å². The summed E-state index contributed by atoms with van der Waals surface area (Å²) in [6, 6.07) is 0. The van der Waals surface area contributed by atoms with Crippen LogP contribution in [0, 0.1) is 5.92 Å². The number of aryl methyl sites for hydroxylation is 1. The molecule has 94 valence electrons. The third-order valence-corrected chi connectivity index (χ3v) is 3.75. The van der Waals surface area contributed by atoms with Crippen molar-refractivity contribution in [3.05, 3.63) is 11.7 Å². The van der Waals surface area contributed by atoms with Gasteiger partial charge in [0.1, 0.15) is 0 Å². The molecule has 17 heavy (non-hydrogen) atoms. The van der Waals surface area contributed by atoms with Gasteiger partial charge in [0.05, 0.1) is 5.92 Å². The molecule has 2 heterocycles. The molecular formula is C11H16N2O3S. The van der Waals surface area contributed by atoms with Gasteiger partial charge in [0, 0.05) is 12.2 Å². The molecule has 1 aliphatic heterocycles. The molecule has 0 N–H and O–H groups in total. The lowest BCUT2D eigenvalue weighted by Crippen LogP contribution is -2.17. The van der Waals surface area contributed by atoms with Gasteiger partial charge in [-0.15, -0.1) is 0 Å². The Labute approximate surface area is 104 Å². The maximum absolute atomic E-state index is 11.6. The van der Waals surface area contributed by atoms with Crippen molar-refractivity contribution in [1.82, 2.24) is 10.1 Å². The Hall–Kier alpha value is -1.04. The summed E-state index contributed by atoms with van der Waals surface area (Å²) in [4.78, 5) is 15.8. The zero-order valence-electron chi connectivity index (χ0n) is 9.85. The predicted octanol–water partition coefficient (Wildman–Crippen LogP) is 1.82. The van der Waals surface area contributed by atoms with Crippen LogP contribution in [0.5, 0.6) is 0 Å². The summed E-state index contributed by atoms with van der Waals surface area (Å²) in [5, 5.41) is 3.80. The average Bonchev–Trinajstić information content (AvgIpc) is 2.97. The van der Waals surface area contributed by atoms with Crippen LogP contribution < -0.4 is 0 Å². The Kier molecular flexibility index (Phi) is 4.42. The number of esters is 1. The first-order valence-corrected chi connectivity index (χ1v) is 7.01. The monoisotopic (exact) mass is 256 g/mol. The predicted molar refractivity (Wildman–Crippen MR) is 63.5 cm³/mol. The maximum Gasteiger partial charge on any atom is 0.310 e. The highest BCUT2D eigenvalue weighted by molar-refractivity contribution is 7.99. The van der Waals surface area contributed by atoms with Gasteiger partial charge in [0.15, 0.2) is 12.4 Å². The Balaban J connectivity index is 1.78. The number of ether oxygens (including phenoxy) is 1. The third-order valence-electron chi connectivity index (χ3n) is 2.58. The fourth-order valence-electron chi connectivity index (χ4n) is 1.65. The lowest BCUT2D eigenvalue weighted by molar-refractivity contribution is -0.149. The molecule has 0 amide bonds. The molecular weight excluding hydrogens is 240 g/mol. The summed E-state index contributed by atoms with van der Waals surface area (Å²) in [6.07, 6.45) is 2.67. The number of carbonyl (C=O) groups is 1. The van der Waals surface area contributed by atoms with Crippen LogP contribution in [0.15, 0.2) is 4.52 Å². The van der Waals surface area contributed by atoms with Crippen molar-refractivity contribution < 1.29 is 14.1 Å². The SMILES string of the molecule is CCCc1noc(COC(=O)[C@H]2CCSC2)n1. The van der Waals surface area contributed by atoms with Gasteiger partial charge in [0.2, 0.25) is 0 Å². The molecule has 6 heteroatoms. The topological polar surface area (TPSA) is 65.2 Å². The van der Waals surface area contributed by atoms with Crippen LogP contribution in [0.1, 0.15) is 31.5 Å². The first kappa shape index (κ1) is 12.4. The summed E-state index contributed by atoms with van der Waals surface area (Å²) in [5.41, 5.74) is 0. The van der Waals surface area contributed by atoms with Crippen molar-refractivity contribution in [3.8, 4) is 0 Å². The van der Waals surface area contributed by atoms with E-state index in [1.165, 1.54) is 0 Å². The summed E-state index contributed by atoms with van der Waals surface area (Å²) < 4.78 is 10.1. The Morgan fingerprint density at radius 1 is 1.65 bits per heavy atom. The van der Waals surface area contributed by atoms with Crippen molar-refractivity contribution in [2.75, 3.05) is 11.5 Å². The summed E-state index contributed by atoms with van der Waals surface area (Å²) in [7, 11) is 0. The van der Waals surface area contributed by atoms with E-state index in [9.17, 15) is 4.79 Å². The van der Waals surface area contributed by atoms with Gasteiger partial charge in [-0.3, -0.25) is 4.79 Å². The zero-order chi connectivity index (χ0) is 12.1. The highest BCUT2D eigenvalue weighted by Crippen LogP contribution is 2.24. The molecule has 1 atom stereocenters. The number of thioether (sulfide) groups is 1. The van der Waals surface area contributed by atoms with E-state index in [1.54, 1.807) is 11.8 Å². The van der Waals surface area contributed by atoms with Crippen molar-refractivity contribution in [2.24, 2.45) is 5.92 Å². The molecule has 1 aliphatic rings. The molecule has 0 aromatic carbocycles. The van der Waals surface area contributed by atoms with Crippen LogP contribution >= 0.6 is 11.8 Å². The molecule has 1 aromatic heterocycles. The van der Waals surface area contributed by atoms with Crippen LogP contribution in [-0.4, -0.2) is 27.6 Å². The zero-order valence-corrected chi connectivity index (χ0v) is 10.7. The number of aromatic nitrogens is 2. The van der Waals surface area contributed by atoms with E-state index in [1.807, 2.05) is 6.92 Å². The normalized spacial score (nSPS) is 19.5. The molecule has 0 bridgehead atoms. The second kappa shape index (κ2) is 6.05. The van der Waals surface area contributed by atoms with Crippen molar-refractivity contribution >= 4 is 17.7 Å². The highest BCUT2D eigenvalue weighted by Gasteiger charge is 2.25. The van der Waals surface area contributed by atoms with Crippen LogP contribution in [0.3, 0.4) is 0 Å². The quantitative estimate of drug-likeness (QED) is 0.749. The number of hydrogen-bond donors (Lipinski definition) is 0. The summed E-state index contributed by atoms with van der Waals surface area (Å²) >= 11 is 1.79. The smallest absolute Gasteiger partial charge is 0.310 e. The molecule has 0 unspecified atom stereocenters. The van der Waals surface area contributed by atoms with E-state index in [0.29, 0.717) is 11.7 Å². The molecule has 0 aliphatic carbocycles. The van der Waals surface area contributed by atoms with Gasteiger partial charge in [-0.25, -0.2) is 0 Å². The van der Waals surface area contributed by atoms with Crippen LogP contribution in [0.4, 0.5) is 0 Å². The lowest BCUT2D eigenvalue weighted by Gasteiger charge is -2.06. The van der Waals surface area contributed by atoms with Crippen molar-refractivity contribution in [1.29, 1.82) is 0 Å². The first-order chi connectivity index (χ1) is 8.29. The van der Waals surface area contributed by atoms with E-state index in [-0.39, 0.29) is 18.5 Å². The molecule has 1 saturated heterocycles. The van der Waals surface area contributed by atoms with Crippen molar-refractivity contribution in [2.45, 2.75) is 32.8 Å². The second-order valence-corrected chi connectivity index (χ2v) is 5.17. The Bertz CT molecular complexity index is 375. The Morgan fingerprint density at radius 2 is 2.53 bits per heavy atom. The number of rotatable bonds is 5. The molecule has 2 rings (SSSR count). The minimum atomic E-state index is -0.148. The van der Waals surface area contributed by atoms with Gasteiger partial charge < -0.3 is 9.26 Å². The lowest BCUT2D eigenvalue weighted by atomic mass is 10.1. The number of nitrogens with zero attached hydrogens (tertiary/aromatic N) is 2. The molecule has 0 spiro atoms. The van der Waals surface area contributed by atoms with Crippen molar-refractivity contribution in [3.63, 3.8) is 0 Å². The Morgan fingerprint density at radius 3 is 3.24 bits per heavy atom. The summed E-state index contributed by atoms with van der Waals surface area (Å²) in [5.74, 6) is 2.86. The molecule has 0 saturated carbocycles. The standard InChI is InChI=1S/C11H16N2O3S/c1-2-3-9-12-10(16-13-9)6-15-11(14)8-4-5-17-7-8/h8H,2-7H2,1H3/t8-/m0/s1. The van der Waals surface area contributed by atoms with Gasteiger partial charge in [-0.2, -0.15) is 16.7 Å². The molecule has 0 radical (unpaired) electrons. The fourth-order valence-corrected chi connectivity index (χ4v) is 2.85. The minimum absolute atomic E-state index is 0.0398. The van der Waals surface area contributed by atoms with Crippen LogP contribution in [-0.2, 0) is 22.6 Å². The fraction of sp³-hybridized carbons (Fsp3) is 0.727. The molecule has 1 fully saturated rings. The highest BCUT2D eigenvalue weighted by atomic mass is 32.2. The largest absolute Gasteiger partial charge is 0.455 e. The van der Waals surface area contributed by atoms with Crippen LogP contribution in [0.25, 0.3) is 0 Å². The third kappa shape index (κ3) is 3.46. The van der Waals surface area contributed by atoms with Gasteiger partial charge >= 0.3 is 5.97 Å². The van der Waals surface area contributed by atoms with Crippen LogP contribution in [0.2, 0.25) is 0 Å². The number of hydrogen-bond acceptors (Lipinski definition) is 6. The molecule has 1 aromatic rings. The number of carbonyl (C=O) groups excluding carboxylic acids is 1. The van der Waals surface area contributed by atoms with E-state index in [2.05, 4.69) is 10.1 Å². The maximum atomic E-state index is 11.6. The van der Waals surface area contributed by atoms with Gasteiger partial charge in [-0.1, -0.05) is 12.1 Å². The summed E-state index contributed by atoms with van der Waals surface area (Å²) in [6.45, 7) is 2.14. The second-order valence-electron chi connectivity index (χ2n) is 4.02. The average molecular weight is 256 g/mol.